The van der Waals surface area contributed by atoms with Crippen molar-refractivity contribution in [2.24, 2.45) is 0 Å². The number of fused-ring (bicyclic) bond motifs is 5. The normalized spacial score (nSPS) is 22.7. The van der Waals surface area contributed by atoms with Crippen molar-refractivity contribution in [1.82, 2.24) is 9.80 Å². The van der Waals surface area contributed by atoms with Gasteiger partial charge in [0.25, 0.3) is 11.6 Å². The number of nitro groups is 1. The summed E-state index contributed by atoms with van der Waals surface area (Å²) in [6.45, 7) is 1.87. The van der Waals surface area contributed by atoms with Crippen molar-refractivity contribution in [2.75, 3.05) is 16.8 Å². The maximum absolute atomic E-state index is 13.4. The number of rotatable bonds is 3. The molecule has 3 aliphatic rings. The molecule has 2 bridgehead atoms. The number of benzene rings is 2. The Labute approximate surface area is 198 Å². The van der Waals surface area contributed by atoms with E-state index < -0.39 is 35.0 Å². The van der Waals surface area contributed by atoms with Crippen LogP contribution in [0.3, 0.4) is 0 Å². The molecule has 3 atom stereocenters. The lowest BCUT2D eigenvalue weighted by atomic mass is 10.1. The van der Waals surface area contributed by atoms with Gasteiger partial charge in [-0.2, -0.15) is 5.26 Å². The molecule has 2 aromatic rings. The van der Waals surface area contributed by atoms with Crippen molar-refractivity contribution in [1.29, 1.82) is 5.26 Å². The number of anilines is 2. The standard InChI is InChI=1S/C22H17ClN6O5/c1-11-16(6-5-12(9-24)18(11)23)28-20(30)19-17-8-15(27(19)22(28)32)10-26(17)21(31)25-13-3-2-4-14(7-13)29(33)34/h2-7,15,17,19H,8,10H2,1H3,(H,25,31)/t15-,17?,19+/m1/s1. The summed E-state index contributed by atoms with van der Waals surface area (Å²) in [7, 11) is 0. The molecule has 5 amide bonds. The van der Waals surface area contributed by atoms with E-state index >= 15 is 0 Å². The van der Waals surface area contributed by atoms with E-state index in [-0.39, 0.29) is 34.5 Å². The van der Waals surface area contributed by atoms with Gasteiger partial charge in [0.2, 0.25) is 0 Å². The van der Waals surface area contributed by atoms with E-state index in [1.54, 1.807) is 6.92 Å². The monoisotopic (exact) mass is 480 g/mol. The number of nitrogens with one attached hydrogen (secondary N) is 1. The van der Waals surface area contributed by atoms with Crippen LogP contribution in [-0.2, 0) is 4.79 Å². The Hall–Kier alpha value is -4.17. The fraction of sp³-hybridized carbons (Fsp3) is 0.273. The Morgan fingerprint density at radius 1 is 1.29 bits per heavy atom. The van der Waals surface area contributed by atoms with Crippen LogP contribution in [0.25, 0.3) is 0 Å². The first kappa shape index (κ1) is 21.7. The van der Waals surface area contributed by atoms with Gasteiger partial charge in [-0.15, -0.1) is 0 Å². The summed E-state index contributed by atoms with van der Waals surface area (Å²) in [5, 5.41) is 23.0. The van der Waals surface area contributed by atoms with Gasteiger partial charge in [-0.25, -0.2) is 14.5 Å². The molecule has 0 aromatic heterocycles. The highest BCUT2D eigenvalue weighted by Gasteiger charge is 2.63. The van der Waals surface area contributed by atoms with Crippen LogP contribution in [-0.4, -0.2) is 57.4 Å². The van der Waals surface area contributed by atoms with Crippen LogP contribution in [0, 0.1) is 28.4 Å². The Morgan fingerprint density at radius 2 is 2.06 bits per heavy atom. The highest BCUT2D eigenvalue weighted by atomic mass is 35.5. The highest BCUT2D eigenvalue weighted by molar-refractivity contribution is 6.33. The molecule has 34 heavy (non-hydrogen) atoms. The third kappa shape index (κ3) is 3.07. The molecule has 3 aliphatic heterocycles. The molecule has 5 rings (SSSR count). The van der Waals surface area contributed by atoms with Gasteiger partial charge in [-0.1, -0.05) is 17.7 Å². The molecule has 3 saturated heterocycles. The largest absolute Gasteiger partial charge is 0.332 e. The van der Waals surface area contributed by atoms with Crippen LogP contribution in [0.1, 0.15) is 17.5 Å². The number of carbonyl (C=O) groups excluding carboxylic acids is 3. The number of nitrogens with zero attached hydrogens (tertiary/aromatic N) is 5. The quantitative estimate of drug-likeness (QED) is 0.406. The molecule has 172 valence electrons. The summed E-state index contributed by atoms with van der Waals surface area (Å²) in [6.07, 6.45) is 0.464. The smallest absolute Gasteiger partial charge is 0.317 e. The summed E-state index contributed by atoms with van der Waals surface area (Å²) in [5.74, 6) is -0.464. The average Bonchev–Trinajstić information content (AvgIpc) is 3.48. The number of likely N-dealkylation sites (tertiary alicyclic amines) is 1. The van der Waals surface area contributed by atoms with Crippen LogP contribution >= 0.6 is 11.6 Å². The number of amides is 5. The van der Waals surface area contributed by atoms with Crippen LogP contribution < -0.4 is 10.2 Å². The first-order valence-corrected chi connectivity index (χ1v) is 10.8. The lowest BCUT2D eigenvalue weighted by Gasteiger charge is -2.34. The number of hydrogen-bond acceptors (Lipinski definition) is 6. The van der Waals surface area contributed by atoms with E-state index in [0.717, 1.165) is 4.90 Å². The van der Waals surface area contributed by atoms with Crippen molar-refractivity contribution in [3.63, 3.8) is 0 Å². The van der Waals surface area contributed by atoms with Gasteiger partial charge in [0.05, 0.1) is 33.3 Å². The van der Waals surface area contributed by atoms with E-state index in [2.05, 4.69) is 5.32 Å². The lowest BCUT2D eigenvalue weighted by molar-refractivity contribution is -0.384. The molecule has 3 heterocycles. The van der Waals surface area contributed by atoms with E-state index in [4.69, 9.17) is 11.6 Å². The molecule has 1 N–H and O–H groups in total. The van der Waals surface area contributed by atoms with Crippen molar-refractivity contribution < 1.29 is 19.3 Å². The predicted molar refractivity (Wildman–Crippen MR) is 120 cm³/mol. The number of hydrogen-bond donors (Lipinski definition) is 1. The molecule has 0 aliphatic carbocycles. The molecule has 0 radical (unpaired) electrons. The van der Waals surface area contributed by atoms with Gasteiger partial charge in [-0.3, -0.25) is 14.9 Å². The maximum atomic E-state index is 13.4. The fourth-order valence-corrected chi connectivity index (χ4v) is 5.21. The van der Waals surface area contributed by atoms with Crippen LogP contribution in [0.15, 0.2) is 36.4 Å². The number of non-ortho nitro benzene ring substituents is 1. The number of nitriles is 1. The minimum absolute atomic E-state index is 0.157. The molecular weight excluding hydrogens is 464 g/mol. The van der Waals surface area contributed by atoms with Crippen molar-refractivity contribution in [3.8, 4) is 6.07 Å². The van der Waals surface area contributed by atoms with Crippen LogP contribution in [0.4, 0.5) is 26.7 Å². The molecular formula is C22H17ClN6O5. The molecule has 1 unspecified atom stereocenters. The van der Waals surface area contributed by atoms with Gasteiger partial charge >= 0.3 is 12.1 Å². The summed E-state index contributed by atoms with van der Waals surface area (Å²) in [5.41, 5.74) is 1.09. The maximum Gasteiger partial charge on any atom is 0.332 e. The zero-order valence-corrected chi connectivity index (χ0v) is 18.5. The van der Waals surface area contributed by atoms with Crippen molar-refractivity contribution >= 4 is 46.6 Å². The highest BCUT2D eigenvalue weighted by Crippen LogP contribution is 2.43. The van der Waals surface area contributed by atoms with Crippen molar-refractivity contribution in [2.45, 2.75) is 31.5 Å². The second-order valence-electron chi connectivity index (χ2n) is 8.34. The fourth-order valence-electron chi connectivity index (χ4n) is 5.01. The second-order valence-corrected chi connectivity index (χ2v) is 8.72. The number of piperazine rings is 1. The SMILES string of the molecule is Cc1c(N2C(=O)[C@@H]3C4C[C@H](CN4C(=O)Nc4cccc([N+](=O)[O-])c4)N3C2=O)ccc(C#N)c1Cl. The zero-order chi connectivity index (χ0) is 24.3. The van der Waals surface area contributed by atoms with E-state index in [1.165, 1.54) is 46.2 Å². The first-order valence-electron chi connectivity index (χ1n) is 10.4. The number of halogens is 1. The van der Waals surface area contributed by atoms with Crippen LogP contribution in [0.5, 0.6) is 0 Å². The third-order valence-corrected chi connectivity index (χ3v) is 7.04. The van der Waals surface area contributed by atoms with Gasteiger partial charge in [0.15, 0.2) is 0 Å². The van der Waals surface area contributed by atoms with E-state index in [0.29, 0.717) is 17.7 Å². The Bertz CT molecular complexity index is 1320. The van der Waals surface area contributed by atoms with E-state index in [9.17, 15) is 29.8 Å². The topological polar surface area (TPSA) is 140 Å². The van der Waals surface area contributed by atoms with Crippen LogP contribution in [0.2, 0.25) is 5.02 Å². The summed E-state index contributed by atoms with van der Waals surface area (Å²) < 4.78 is 0. The summed E-state index contributed by atoms with van der Waals surface area (Å²) in [6, 6.07) is 7.85. The van der Waals surface area contributed by atoms with Gasteiger partial charge in [-0.05, 0) is 37.1 Å². The predicted octanol–water partition coefficient (Wildman–Crippen LogP) is 3.25. The molecule has 3 fully saturated rings. The minimum atomic E-state index is -0.837. The van der Waals surface area contributed by atoms with Gasteiger partial charge < -0.3 is 15.1 Å². The molecule has 0 spiro atoms. The van der Waals surface area contributed by atoms with Crippen molar-refractivity contribution in [3.05, 3.63) is 62.7 Å². The summed E-state index contributed by atoms with van der Waals surface area (Å²) in [4.78, 5) is 54.1. The average molecular weight is 481 g/mol. The number of carbonyl (C=O) groups is 3. The van der Waals surface area contributed by atoms with Gasteiger partial charge in [0.1, 0.15) is 12.1 Å². The Morgan fingerprint density at radius 3 is 2.76 bits per heavy atom. The lowest BCUT2D eigenvalue weighted by Crippen LogP contribution is -2.55. The molecule has 0 saturated carbocycles. The zero-order valence-electron chi connectivity index (χ0n) is 17.8. The second kappa shape index (κ2) is 7.71. The number of imide groups is 1. The number of urea groups is 2. The minimum Gasteiger partial charge on any atom is -0.317 e. The molecule has 11 nitrogen and oxygen atoms in total. The Balaban J connectivity index is 1.39. The molecule has 12 heteroatoms. The molecule has 2 aromatic carbocycles. The third-order valence-electron chi connectivity index (χ3n) is 6.55. The summed E-state index contributed by atoms with van der Waals surface area (Å²) >= 11 is 6.25. The van der Waals surface area contributed by atoms with E-state index in [1.807, 2.05) is 6.07 Å². The first-order chi connectivity index (χ1) is 16.2. The number of nitro benzene ring substituents is 1. The Kier molecular flexibility index (Phi) is 4.91. The van der Waals surface area contributed by atoms with Gasteiger partial charge in [0, 0.05) is 24.4 Å².